The Kier molecular flexibility index (Phi) is 5.22. The van der Waals surface area contributed by atoms with Gasteiger partial charge in [0.25, 0.3) is 0 Å². The number of amides is 2. The molecular weight excluding hydrogens is 238 g/mol. The summed E-state index contributed by atoms with van der Waals surface area (Å²) in [7, 11) is 1.55. The minimum absolute atomic E-state index is 0.314. The maximum atomic E-state index is 11.5. The quantitative estimate of drug-likeness (QED) is 0.695. The van der Waals surface area contributed by atoms with Crippen LogP contribution in [-0.4, -0.2) is 24.7 Å². The molecule has 0 bridgehead atoms. The average Bonchev–Trinajstić information content (AvgIpc) is 2.29. The van der Waals surface area contributed by atoms with Crippen LogP contribution in [0.1, 0.15) is 6.42 Å². The van der Waals surface area contributed by atoms with E-state index in [1.807, 2.05) is 12.1 Å². The van der Waals surface area contributed by atoms with Crippen LogP contribution >= 0.6 is 12.2 Å². The SMILES string of the molecule is COc1ccccc1NC(=O)NCCC(N)=S. The van der Waals surface area contributed by atoms with Crippen LogP contribution in [-0.2, 0) is 0 Å². The summed E-state index contributed by atoms with van der Waals surface area (Å²) in [4.78, 5) is 11.9. The molecule has 0 unspecified atom stereocenters. The van der Waals surface area contributed by atoms with Gasteiger partial charge in [0, 0.05) is 13.0 Å². The Balaban J connectivity index is 2.47. The van der Waals surface area contributed by atoms with Gasteiger partial charge >= 0.3 is 6.03 Å². The number of ether oxygens (including phenoxy) is 1. The summed E-state index contributed by atoms with van der Waals surface area (Å²) < 4.78 is 5.11. The van der Waals surface area contributed by atoms with Crippen molar-refractivity contribution in [2.24, 2.45) is 5.73 Å². The number of hydrogen-bond donors (Lipinski definition) is 3. The molecule has 17 heavy (non-hydrogen) atoms. The molecule has 0 heterocycles. The minimum atomic E-state index is -0.314. The molecule has 6 heteroatoms. The van der Waals surface area contributed by atoms with Crippen LogP contribution in [0.15, 0.2) is 24.3 Å². The van der Waals surface area contributed by atoms with E-state index in [2.05, 4.69) is 10.6 Å². The number of hydrogen-bond acceptors (Lipinski definition) is 3. The largest absolute Gasteiger partial charge is 0.495 e. The molecule has 0 spiro atoms. The first-order valence-corrected chi connectivity index (χ1v) is 5.50. The molecule has 0 saturated heterocycles. The number of urea groups is 1. The number of rotatable bonds is 5. The van der Waals surface area contributed by atoms with Crippen LogP contribution < -0.4 is 21.1 Å². The Morgan fingerprint density at radius 3 is 2.82 bits per heavy atom. The highest BCUT2D eigenvalue weighted by molar-refractivity contribution is 7.80. The molecule has 0 atom stereocenters. The van der Waals surface area contributed by atoms with E-state index in [4.69, 9.17) is 22.7 Å². The third-order valence-electron chi connectivity index (χ3n) is 2.01. The monoisotopic (exact) mass is 253 g/mol. The number of anilines is 1. The molecular formula is C11H15N3O2S. The van der Waals surface area contributed by atoms with E-state index in [9.17, 15) is 4.79 Å². The van der Waals surface area contributed by atoms with Gasteiger partial charge in [0.15, 0.2) is 0 Å². The van der Waals surface area contributed by atoms with E-state index in [0.717, 1.165) is 0 Å². The molecule has 1 aromatic carbocycles. The molecule has 0 fully saturated rings. The summed E-state index contributed by atoms with van der Waals surface area (Å²) in [5, 5.41) is 5.32. The van der Waals surface area contributed by atoms with E-state index in [1.165, 1.54) is 0 Å². The number of para-hydroxylation sites is 2. The number of nitrogens with two attached hydrogens (primary N) is 1. The molecule has 2 amide bonds. The lowest BCUT2D eigenvalue weighted by Gasteiger charge is -2.10. The maximum absolute atomic E-state index is 11.5. The van der Waals surface area contributed by atoms with Crippen molar-refractivity contribution >= 4 is 28.9 Å². The van der Waals surface area contributed by atoms with Crippen LogP contribution in [0.4, 0.5) is 10.5 Å². The highest BCUT2D eigenvalue weighted by Crippen LogP contribution is 2.22. The third kappa shape index (κ3) is 4.69. The van der Waals surface area contributed by atoms with Crippen molar-refractivity contribution < 1.29 is 9.53 Å². The summed E-state index contributed by atoms with van der Waals surface area (Å²) in [6.45, 7) is 0.413. The second-order valence-electron chi connectivity index (χ2n) is 3.30. The predicted molar refractivity (Wildman–Crippen MR) is 71.4 cm³/mol. The van der Waals surface area contributed by atoms with Crippen LogP contribution in [0, 0.1) is 0 Å². The summed E-state index contributed by atoms with van der Waals surface area (Å²) in [5.41, 5.74) is 5.93. The zero-order valence-corrected chi connectivity index (χ0v) is 10.3. The number of nitrogens with one attached hydrogen (secondary N) is 2. The normalized spacial score (nSPS) is 9.47. The second-order valence-corrected chi connectivity index (χ2v) is 3.82. The second kappa shape index (κ2) is 6.70. The van der Waals surface area contributed by atoms with Gasteiger partial charge < -0.3 is 21.1 Å². The van der Waals surface area contributed by atoms with Crippen molar-refractivity contribution in [2.75, 3.05) is 19.0 Å². The van der Waals surface area contributed by atoms with Gasteiger partial charge in [-0.1, -0.05) is 24.4 Å². The van der Waals surface area contributed by atoms with E-state index in [1.54, 1.807) is 19.2 Å². The summed E-state index contributed by atoms with van der Waals surface area (Å²) in [5.74, 6) is 0.608. The molecule has 0 aliphatic rings. The highest BCUT2D eigenvalue weighted by atomic mass is 32.1. The number of benzene rings is 1. The van der Waals surface area contributed by atoms with Gasteiger partial charge in [-0.3, -0.25) is 0 Å². The predicted octanol–water partition coefficient (Wildman–Crippen LogP) is 1.49. The van der Waals surface area contributed by atoms with Crippen LogP contribution in [0.5, 0.6) is 5.75 Å². The lowest BCUT2D eigenvalue weighted by molar-refractivity contribution is 0.252. The van der Waals surface area contributed by atoms with Crippen molar-refractivity contribution in [1.82, 2.24) is 5.32 Å². The lowest BCUT2D eigenvalue weighted by atomic mass is 10.3. The van der Waals surface area contributed by atoms with E-state index >= 15 is 0 Å². The molecule has 0 aromatic heterocycles. The van der Waals surface area contributed by atoms with Gasteiger partial charge in [0.05, 0.1) is 17.8 Å². The minimum Gasteiger partial charge on any atom is -0.495 e. The van der Waals surface area contributed by atoms with Gasteiger partial charge in [-0.05, 0) is 12.1 Å². The van der Waals surface area contributed by atoms with Crippen molar-refractivity contribution in [2.45, 2.75) is 6.42 Å². The van der Waals surface area contributed by atoms with Crippen molar-refractivity contribution in [3.8, 4) is 5.75 Å². The number of thiocarbonyl (C=S) groups is 1. The molecule has 0 aliphatic heterocycles. The molecule has 1 rings (SSSR count). The summed E-state index contributed by atoms with van der Waals surface area (Å²) >= 11 is 4.70. The van der Waals surface area contributed by atoms with E-state index in [-0.39, 0.29) is 6.03 Å². The highest BCUT2D eigenvalue weighted by Gasteiger charge is 2.05. The van der Waals surface area contributed by atoms with Gasteiger partial charge in [-0.2, -0.15) is 0 Å². The fraction of sp³-hybridized carbons (Fsp3) is 0.273. The van der Waals surface area contributed by atoms with Gasteiger partial charge in [-0.25, -0.2) is 4.79 Å². The van der Waals surface area contributed by atoms with Crippen LogP contribution in [0.2, 0.25) is 0 Å². The zero-order valence-electron chi connectivity index (χ0n) is 9.53. The fourth-order valence-corrected chi connectivity index (χ4v) is 1.32. The van der Waals surface area contributed by atoms with Crippen molar-refractivity contribution in [1.29, 1.82) is 0 Å². The molecule has 0 saturated carbocycles. The molecule has 5 nitrogen and oxygen atoms in total. The average molecular weight is 253 g/mol. The van der Waals surface area contributed by atoms with E-state index in [0.29, 0.717) is 29.4 Å². The Hall–Kier alpha value is -1.82. The summed E-state index contributed by atoms with van der Waals surface area (Å²) in [6, 6.07) is 6.85. The molecule has 92 valence electrons. The first-order chi connectivity index (χ1) is 8.13. The van der Waals surface area contributed by atoms with Gasteiger partial charge in [0.1, 0.15) is 5.75 Å². The number of carbonyl (C=O) groups is 1. The molecule has 0 aliphatic carbocycles. The standard InChI is InChI=1S/C11H15N3O2S/c1-16-9-5-3-2-4-8(9)14-11(15)13-7-6-10(12)17/h2-5H,6-7H2,1H3,(H2,12,17)(H2,13,14,15). The first-order valence-electron chi connectivity index (χ1n) is 5.09. The fourth-order valence-electron chi connectivity index (χ4n) is 1.21. The number of methoxy groups -OCH3 is 1. The van der Waals surface area contributed by atoms with Crippen LogP contribution in [0.25, 0.3) is 0 Å². The van der Waals surface area contributed by atoms with Gasteiger partial charge in [-0.15, -0.1) is 0 Å². The smallest absolute Gasteiger partial charge is 0.319 e. The molecule has 1 aromatic rings. The Morgan fingerprint density at radius 1 is 1.47 bits per heavy atom. The Labute approximate surface area is 105 Å². The number of carbonyl (C=O) groups excluding carboxylic acids is 1. The Morgan fingerprint density at radius 2 is 2.18 bits per heavy atom. The van der Waals surface area contributed by atoms with E-state index < -0.39 is 0 Å². The molecule has 4 N–H and O–H groups in total. The Bertz CT molecular complexity index is 409. The van der Waals surface area contributed by atoms with Crippen LogP contribution in [0.3, 0.4) is 0 Å². The zero-order chi connectivity index (χ0) is 12.7. The van der Waals surface area contributed by atoms with Crippen molar-refractivity contribution in [3.05, 3.63) is 24.3 Å². The third-order valence-corrected chi connectivity index (χ3v) is 2.22. The lowest BCUT2D eigenvalue weighted by Crippen LogP contribution is -2.31. The van der Waals surface area contributed by atoms with Gasteiger partial charge in [0.2, 0.25) is 0 Å². The van der Waals surface area contributed by atoms with Crippen molar-refractivity contribution in [3.63, 3.8) is 0 Å². The maximum Gasteiger partial charge on any atom is 0.319 e. The topological polar surface area (TPSA) is 76.4 Å². The first kappa shape index (κ1) is 13.2. The summed E-state index contributed by atoms with van der Waals surface area (Å²) in [6.07, 6.45) is 0.481. The molecule has 0 radical (unpaired) electrons.